The maximum Gasteiger partial charge on any atom is 0.363 e. The SMILES string of the molecule is CO.COc1ccc2c3c1O[C@H]1C(=O)CC[C@@]4(O)[C@@H](C2)N(CC2CC2)CC[C@]314.COc1ccc2c3c1O[C@H]1C(OC(=S)Oc4c(F)c(F)c(F)c(F)c4F)=CC[C@@]4(O)[C@@H](C2)N(CC2CC2)CC[C@]314.Fc1c(F)c(F)c(OC(=S)Cl)c(F)c1F. The van der Waals surface area contributed by atoms with E-state index >= 15 is 0 Å². The molecule has 0 unspecified atom stereocenters. The number of nitrogens with zero attached hydrogens (tertiary/aromatic N) is 2. The summed E-state index contributed by atoms with van der Waals surface area (Å²) in [7, 11) is 4.15. The molecule has 13 nitrogen and oxygen atoms in total. The van der Waals surface area contributed by atoms with Crippen LogP contribution >= 0.6 is 36.0 Å². The topological polar surface area (TPSA) is 149 Å². The van der Waals surface area contributed by atoms with Crippen molar-refractivity contribution in [3.8, 4) is 34.5 Å². The highest BCUT2D eigenvalue weighted by atomic mass is 35.5. The maximum atomic E-state index is 14.2. The first-order valence-corrected chi connectivity index (χ1v) is 27.9. The average molecular weight is 1230 g/mol. The summed E-state index contributed by atoms with van der Waals surface area (Å²) in [5, 5.41) is 30.7. The highest BCUT2D eigenvalue weighted by molar-refractivity contribution is 7.82. The van der Waals surface area contributed by atoms with E-state index < -0.39 is 114 Å². The number of carbonyl (C=O) groups is 1. The first-order chi connectivity index (χ1) is 39.5. The number of likely N-dealkylation sites (tertiary alicyclic amines) is 2. The maximum absolute atomic E-state index is 14.2. The Labute approximate surface area is 483 Å². The summed E-state index contributed by atoms with van der Waals surface area (Å²) in [6.07, 6.45) is 9.00. The summed E-state index contributed by atoms with van der Waals surface area (Å²) in [5.41, 5.74) is 0.504. The van der Waals surface area contributed by atoms with Crippen molar-refractivity contribution < 1.29 is 97.2 Å². The predicted molar refractivity (Wildman–Crippen MR) is 282 cm³/mol. The number of aliphatic hydroxyl groups excluding tert-OH is 1. The Bertz CT molecular complexity index is 3360. The summed E-state index contributed by atoms with van der Waals surface area (Å²) in [5.74, 6) is -20.9. The fourth-order valence-electron chi connectivity index (χ4n) is 14.4. The third-order valence-corrected chi connectivity index (χ3v) is 18.6. The van der Waals surface area contributed by atoms with E-state index in [9.17, 15) is 58.9 Å². The third kappa shape index (κ3) is 9.05. The second-order valence-electron chi connectivity index (χ2n) is 22.2. The number of piperidine rings is 2. The lowest BCUT2D eigenvalue weighted by Gasteiger charge is -2.62. The fourth-order valence-corrected chi connectivity index (χ4v) is 14.7. The smallest absolute Gasteiger partial charge is 0.363 e. The molecule has 4 aromatic carbocycles. The Balaban J connectivity index is 0.000000143. The monoisotopic (exact) mass is 1230 g/mol. The Hall–Kier alpha value is -5.54. The van der Waals surface area contributed by atoms with E-state index in [1.165, 1.54) is 38.4 Å². The van der Waals surface area contributed by atoms with Gasteiger partial charge in [-0.25, -0.2) is 26.3 Å². The van der Waals surface area contributed by atoms with Crippen LogP contribution in [0.2, 0.25) is 0 Å². The van der Waals surface area contributed by atoms with E-state index in [2.05, 4.69) is 32.8 Å². The van der Waals surface area contributed by atoms with Crippen molar-refractivity contribution in [2.24, 2.45) is 11.8 Å². The lowest BCUT2D eigenvalue weighted by Crippen LogP contribution is -2.76. The van der Waals surface area contributed by atoms with Gasteiger partial charge in [0.1, 0.15) is 5.76 Å². The summed E-state index contributed by atoms with van der Waals surface area (Å²) in [4.78, 5) is 17.7. The standard InChI is InChI=1S/C28H24F5NO5S.C21H25NO4.C7ClF5OS.CH4O/c1-36-14-5-4-13-10-16-28(35)7-6-15(37-26(40)39-24-21(32)19(30)18(29)20(31)22(24)33)25-27(28,17(13)23(14)38-25)8-9-34(16)11-12-2-3-12;1-25-15-5-4-13-10-16-21(24)7-6-14(23)19-20(21,17(13)18(15)26-19)8-9-22(16)11-12-2-3-12;8-7(15)14-6-4(12)2(10)1(9)3(11)5(6)13;1-2/h4-6,12,16,25,35H,2-3,7-11H2,1H3;4-5,12,16,19,24H,2-3,6-11H2,1H3;;2H,1H3/t16-,25+,27+,28-;16-,19+,20+,21-;;/m11../s1. The molecule has 2 spiro atoms. The van der Waals surface area contributed by atoms with Crippen molar-refractivity contribution >= 4 is 51.6 Å². The number of ether oxygens (including phenoxy) is 7. The zero-order valence-electron chi connectivity index (χ0n) is 44.4. The second-order valence-corrected chi connectivity index (χ2v) is 23.5. The van der Waals surface area contributed by atoms with Crippen LogP contribution in [0, 0.1) is 70.0 Å². The van der Waals surface area contributed by atoms with E-state index in [1.54, 1.807) is 13.2 Å². The van der Waals surface area contributed by atoms with Crippen molar-refractivity contribution in [3.63, 3.8) is 0 Å². The van der Waals surface area contributed by atoms with Crippen molar-refractivity contribution in [1.82, 2.24) is 9.80 Å². The number of halogens is 11. The predicted octanol–water partition coefficient (Wildman–Crippen LogP) is 9.55. The molecule has 0 aromatic heterocycles. The minimum absolute atomic E-state index is 0.0860. The van der Waals surface area contributed by atoms with E-state index in [-0.39, 0.29) is 30.0 Å². The van der Waals surface area contributed by atoms with Gasteiger partial charge in [0.2, 0.25) is 69.7 Å². The number of ketones is 1. The van der Waals surface area contributed by atoms with Gasteiger partial charge in [0.25, 0.3) is 4.51 Å². The molecule has 4 bridgehead atoms. The molecule has 446 valence electrons. The van der Waals surface area contributed by atoms with Crippen molar-refractivity contribution in [2.75, 3.05) is 47.5 Å². The summed E-state index contributed by atoms with van der Waals surface area (Å²) in [6.45, 7) is 3.63. The van der Waals surface area contributed by atoms with Gasteiger partial charge in [0.05, 0.1) is 36.3 Å². The van der Waals surface area contributed by atoms with Crippen molar-refractivity contribution in [2.45, 2.75) is 117 Å². The van der Waals surface area contributed by atoms with Crippen LogP contribution in [0.3, 0.4) is 0 Å². The van der Waals surface area contributed by atoms with E-state index in [0.717, 1.165) is 62.2 Å². The quantitative estimate of drug-likeness (QED) is 0.0480. The lowest BCUT2D eigenvalue weighted by atomic mass is 9.49. The number of carbonyl (C=O) groups excluding carboxylic acids is 1. The molecule has 4 aliphatic heterocycles. The first-order valence-electron chi connectivity index (χ1n) is 26.7. The van der Waals surface area contributed by atoms with Crippen LogP contribution in [0.4, 0.5) is 43.9 Å². The molecule has 4 aromatic rings. The van der Waals surface area contributed by atoms with Crippen LogP contribution in [-0.4, -0.2) is 124 Å². The molecular weight excluding hydrogens is 1180 g/mol. The lowest BCUT2D eigenvalue weighted by molar-refractivity contribution is -0.188. The van der Waals surface area contributed by atoms with E-state index in [0.29, 0.717) is 61.1 Å². The molecule has 3 saturated carbocycles. The van der Waals surface area contributed by atoms with Crippen LogP contribution in [0.25, 0.3) is 0 Å². The number of methoxy groups -OCH3 is 2. The number of hydrogen-bond donors (Lipinski definition) is 3. The minimum Gasteiger partial charge on any atom is -0.493 e. The summed E-state index contributed by atoms with van der Waals surface area (Å²) in [6, 6.07) is 7.77. The fraction of sp³-hybridized carbons (Fsp3) is 0.491. The number of rotatable bonds is 9. The molecule has 83 heavy (non-hydrogen) atoms. The normalized spacial score (nSPS) is 28.9. The molecule has 4 heterocycles. The van der Waals surface area contributed by atoms with Gasteiger partial charge in [-0.05, 0) is 136 Å². The van der Waals surface area contributed by atoms with Gasteiger partial charge in [-0.15, -0.1) is 0 Å². The van der Waals surface area contributed by atoms with Crippen LogP contribution in [0.5, 0.6) is 34.5 Å². The number of hydrogen-bond acceptors (Lipinski definition) is 15. The van der Waals surface area contributed by atoms with Crippen LogP contribution < -0.4 is 28.4 Å². The molecule has 3 N–H and O–H groups in total. The Morgan fingerprint density at radius 3 is 1.48 bits per heavy atom. The van der Waals surface area contributed by atoms with Crippen LogP contribution in [0.1, 0.15) is 80.0 Å². The van der Waals surface area contributed by atoms with Crippen LogP contribution in [-0.2, 0) is 33.2 Å². The Morgan fingerprint density at radius 2 is 1.04 bits per heavy atom. The molecule has 5 fully saturated rings. The minimum atomic E-state index is -2.32. The largest absolute Gasteiger partial charge is 0.493 e. The van der Waals surface area contributed by atoms with E-state index in [4.69, 9.17) is 57.3 Å². The Kier molecular flexibility index (Phi) is 15.5. The zero-order chi connectivity index (χ0) is 59.6. The number of benzene rings is 4. The highest BCUT2D eigenvalue weighted by Crippen LogP contribution is 2.67. The summed E-state index contributed by atoms with van der Waals surface area (Å²) < 4.78 is 170. The van der Waals surface area contributed by atoms with Gasteiger partial charge in [0, 0.05) is 68.5 Å². The Morgan fingerprint density at radius 1 is 0.614 bits per heavy atom. The molecule has 14 rings (SSSR count). The first kappa shape index (κ1) is 59.2. The molecule has 8 atom stereocenters. The zero-order valence-corrected chi connectivity index (χ0v) is 46.8. The van der Waals surface area contributed by atoms with Crippen molar-refractivity contribution in [3.05, 3.63) is 117 Å². The van der Waals surface area contributed by atoms with Crippen molar-refractivity contribution in [1.29, 1.82) is 0 Å². The molecule has 0 radical (unpaired) electrons. The molecule has 6 aliphatic carbocycles. The molecular formula is C57H53ClF10N2O11S2. The van der Waals surface area contributed by atoms with Gasteiger partial charge in [0.15, 0.2) is 41.0 Å². The summed E-state index contributed by atoms with van der Waals surface area (Å²) >= 11 is 14.0. The molecule has 2 saturated heterocycles. The van der Waals surface area contributed by atoms with E-state index in [1.807, 2.05) is 18.2 Å². The highest BCUT2D eigenvalue weighted by Gasteiger charge is 2.74. The second kappa shape index (κ2) is 21.8. The van der Waals surface area contributed by atoms with Gasteiger partial charge >= 0.3 is 5.24 Å². The molecule has 10 aliphatic rings. The molecule has 0 amide bonds. The number of aliphatic hydroxyl groups is 3. The van der Waals surface area contributed by atoms with Crippen LogP contribution in [0.15, 0.2) is 36.1 Å². The number of thiocarbonyl (C=S) groups is 2. The average Bonchev–Trinajstić information content (AvgIpc) is 2.15. The molecule has 26 heteroatoms. The van der Waals surface area contributed by atoms with Gasteiger partial charge < -0.3 is 48.5 Å². The van der Waals surface area contributed by atoms with Gasteiger partial charge in [-0.2, -0.15) is 17.6 Å². The third-order valence-electron chi connectivity index (χ3n) is 18.3. The number of Topliss-reactive ketones (excluding diaryl/α,β-unsaturated/α-hetero) is 1. The van der Waals surface area contributed by atoms with Gasteiger partial charge in [-0.1, -0.05) is 12.1 Å². The van der Waals surface area contributed by atoms with Gasteiger partial charge in [-0.3, -0.25) is 14.6 Å².